The highest BCUT2D eigenvalue weighted by Gasteiger charge is 2.13. The average molecular weight is 344 g/mol. The number of ether oxygens (including phenoxy) is 2. The summed E-state index contributed by atoms with van der Waals surface area (Å²) >= 11 is 0. The third-order valence-electron chi connectivity index (χ3n) is 4.97. The van der Waals surface area contributed by atoms with Crippen LogP contribution < -0.4 is 4.74 Å². The maximum Gasteiger partial charge on any atom is 0.306 e. The molecule has 0 atom stereocenters. The van der Waals surface area contributed by atoms with Crippen molar-refractivity contribution in [3.63, 3.8) is 0 Å². The first kappa shape index (κ1) is 19.6. The molecule has 0 heterocycles. The van der Waals surface area contributed by atoms with Crippen LogP contribution in [0.4, 0.5) is 0 Å². The molecule has 1 aromatic carbocycles. The topological polar surface area (TPSA) is 35.5 Å². The molecule has 1 aromatic rings. The highest BCUT2D eigenvalue weighted by atomic mass is 16.5. The van der Waals surface area contributed by atoms with Gasteiger partial charge < -0.3 is 9.47 Å². The van der Waals surface area contributed by atoms with Gasteiger partial charge in [-0.15, -0.1) is 0 Å². The van der Waals surface area contributed by atoms with Crippen molar-refractivity contribution in [2.24, 2.45) is 0 Å². The van der Waals surface area contributed by atoms with Crippen molar-refractivity contribution in [1.82, 2.24) is 0 Å². The molecule has 1 aliphatic carbocycles. The lowest BCUT2D eigenvalue weighted by Gasteiger charge is -2.18. The molecule has 1 aliphatic rings. The molecule has 0 radical (unpaired) electrons. The van der Waals surface area contributed by atoms with Crippen molar-refractivity contribution in [2.45, 2.75) is 71.1 Å². The van der Waals surface area contributed by atoms with Crippen molar-refractivity contribution in [2.75, 3.05) is 13.7 Å². The standard InChI is InChI=1S/C22H32O3/c1-3-25-22(23)16-13-20(19-9-7-5-4-6-8-10-19)17-18-11-14-21(24-2)15-12-18/h11-12,14-15H,3-10,13,16-17H2,1-2H3. The van der Waals surface area contributed by atoms with Gasteiger partial charge in [0.1, 0.15) is 5.75 Å². The molecule has 0 bridgehead atoms. The summed E-state index contributed by atoms with van der Waals surface area (Å²) in [5.41, 5.74) is 4.31. The Balaban J connectivity index is 2.12. The van der Waals surface area contributed by atoms with Crippen molar-refractivity contribution < 1.29 is 14.3 Å². The number of esters is 1. The van der Waals surface area contributed by atoms with Gasteiger partial charge in [0.15, 0.2) is 0 Å². The zero-order chi connectivity index (χ0) is 17.9. The van der Waals surface area contributed by atoms with Crippen molar-refractivity contribution >= 4 is 5.97 Å². The molecule has 1 saturated carbocycles. The zero-order valence-corrected chi connectivity index (χ0v) is 15.8. The third kappa shape index (κ3) is 6.93. The van der Waals surface area contributed by atoms with Crippen LogP contribution in [0.2, 0.25) is 0 Å². The quantitative estimate of drug-likeness (QED) is 0.475. The maximum atomic E-state index is 11.8. The van der Waals surface area contributed by atoms with E-state index in [9.17, 15) is 4.79 Å². The van der Waals surface area contributed by atoms with Crippen LogP contribution in [0.25, 0.3) is 0 Å². The van der Waals surface area contributed by atoms with E-state index in [1.165, 1.54) is 56.1 Å². The molecule has 0 unspecified atom stereocenters. The number of methoxy groups -OCH3 is 1. The molecule has 2 rings (SSSR count). The van der Waals surface area contributed by atoms with Crippen molar-refractivity contribution in [1.29, 1.82) is 0 Å². The van der Waals surface area contributed by atoms with Gasteiger partial charge >= 0.3 is 5.97 Å². The fraction of sp³-hybridized carbons (Fsp3) is 0.591. The van der Waals surface area contributed by atoms with E-state index in [1.54, 1.807) is 12.7 Å². The normalized spacial score (nSPS) is 15.2. The lowest BCUT2D eigenvalue weighted by atomic mass is 9.88. The Kier molecular flexibility index (Phi) is 8.58. The van der Waals surface area contributed by atoms with Gasteiger partial charge in [-0.1, -0.05) is 42.5 Å². The molecule has 138 valence electrons. The minimum atomic E-state index is -0.0822. The first-order valence-corrected chi connectivity index (χ1v) is 9.71. The van der Waals surface area contributed by atoms with Crippen LogP contribution in [0, 0.1) is 0 Å². The molecule has 1 fully saturated rings. The van der Waals surface area contributed by atoms with Crippen LogP contribution in [0.15, 0.2) is 35.4 Å². The Morgan fingerprint density at radius 3 is 2.20 bits per heavy atom. The van der Waals surface area contributed by atoms with Crippen LogP contribution in [0.3, 0.4) is 0 Å². The fourth-order valence-corrected chi connectivity index (χ4v) is 3.55. The number of rotatable bonds is 7. The maximum absolute atomic E-state index is 11.8. The summed E-state index contributed by atoms with van der Waals surface area (Å²) in [6.45, 7) is 2.33. The lowest BCUT2D eigenvalue weighted by Crippen LogP contribution is -2.07. The number of carbonyl (C=O) groups excluding carboxylic acids is 1. The van der Waals surface area contributed by atoms with E-state index in [2.05, 4.69) is 12.1 Å². The third-order valence-corrected chi connectivity index (χ3v) is 4.97. The van der Waals surface area contributed by atoms with Crippen LogP contribution in [-0.4, -0.2) is 19.7 Å². The van der Waals surface area contributed by atoms with Crippen LogP contribution in [0.1, 0.15) is 70.3 Å². The molecule has 0 spiro atoms. The number of carbonyl (C=O) groups is 1. The molecule has 0 aliphatic heterocycles. The minimum Gasteiger partial charge on any atom is -0.497 e. The predicted octanol–water partition coefficient (Wildman–Crippen LogP) is 5.62. The van der Waals surface area contributed by atoms with Crippen LogP contribution in [-0.2, 0) is 16.0 Å². The second-order valence-electron chi connectivity index (χ2n) is 6.80. The smallest absolute Gasteiger partial charge is 0.306 e. The molecular formula is C22H32O3. The minimum absolute atomic E-state index is 0.0822. The molecule has 0 aromatic heterocycles. The van der Waals surface area contributed by atoms with Gasteiger partial charge in [0.05, 0.1) is 13.7 Å². The monoisotopic (exact) mass is 344 g/mol. The van der Waals surface area contributed by atoms with Crippen molar-refractivity contribution in [3.8, 4) is 5.75 Å². The van der Waals surface area contributed by atoms with E-state index in [1.807, 2.05) is 19.1 Å². The first-order chi connectivity index (χ1) is 12.2. The van der Waals surface area contributed by atoms with E-state index in [-0.39, 0.29) is 5.97 Å². The number of hydrogen-bond acceptors (Lipinski definition) is 3. The Morgan fingerprint density at radius 2 is 1.60 bits per heavy atom. The van der Waals surface area contributed by atoms with Crippen LogP contribution in [0.5, 0.6) is 5.75 Å². The molecular weight excluding hydrogens is 312 g/mol. The van der Waals surface area contributed by atoms with Gasteiger partial charge in [0.25, 0.3) is 0 Å². The highest BCUT2D eigenvalue weighted by Crippen LogP contribution is 2.29. The number of hydrogen-bond donors (Lipinski definition) is 0. The van der Waals surface area contributed by atoms with Gasteiger partial charge in [-0.2, -0.15) is 0 Å². The number of benzene rings is 1. The van der Waals surface area contributed by atoms with E-state index >= 15 is 0 Å². The second-order valence-corrected chi connectivity index (χ2v) is 6.80. The fourth-order valence-electron chi connectivity index (χ4n) is 3.55. The van der Waals surface area contributed by atoms with Gasteiger partial charge in [-0.05, 0) is 63.1 Å². The molecule has 3 heteroatoms. The largest absolute Gasteiger partial charge is 0.497 e. The van der Waals surface area contributed by atoms with E-state index in [4.69, 9.17) is 9.47 Å². The summed E-state index contributed by atoms with van der Waals surface area (Å²) < 4.78 is 10.4. The van der Waals surface area contributed by atoms with Gasteiger partial charge in [-0.3, -0.25) is 4.79 Å². The summed E-state index contributed by atoms with van der Waals surface area (Å²) in [6.07, 6.45) is 11.2. The Morgan fingerprint density at radius 1 is 0.960 bits per heavy atom. The Hall–Kier alpha value is -1.77. The molecule has 3 nitrogen and oxygen atoms in total. The summed E-state index contributed by atoms with van der Waals surface area (Å²) in [5.74, 6) is 0.802. The average Bonchev–Trinajstić information content (AvgIpc) is 2.59. The van der Waals surface area contributed by atoms with E-state index in [0.717, 1.165) is 18.6 Å². The highest BCUT2D eigenvalue weighted by molar-refractivity contribution is 5.69. The SMILES string of the molecule is CCOC(=O)CCC(Cc1ccc(OC)cc1)=C1CCCCCCC1. The molecule has 0 N–H and O–H groups in total. The van der Waals surface area contributed by atoms with E-state index < -0.39 is 0 Å². The van der Waals surface area contributed by atoms with Gasteiger partial charge in [0, 0.05) is 6.42 Å². The molecule has 25 heavy (non-hydrogen) atoms. The number of allylic oxidation sites excluding steroid dienone is 2. The first-order valence-electron chi connectivity index (χ1n) is 9.71. The molecule has 0 amide bonds. The Labute approximate surface area is 152 Å². The second kappa shape index (κ2) is 11.0. The van der Waals surface area contributed by atoms with Crippen molar-refractivity contribution in [3.05, 3.63) is 41.0 Å². The predicted molar refractivity (Wildman–Crippen MR) is 102 cm³/mol. The van der Waals surface area contributed by atoms with Gasteiger partial charge in [0.2, 0.25) is 0 Å². The summed E-state index contributed by atoms with van der Waals surface area (Å²) in [4.78, 5) is 11.8. The summed E-state index contributed by atoms with van der Waals surface area (Å²) in [6, 6.07) is 8.29. The summed E-state index contributed by atoms with van der Waals surface area (Å²) in [7, 11) is 1.69. The molecule has 0 saturated heterocycles. The van der Waals surface area contributed by atoms with E-state index in [0.29, 0.717) is 13.0 Å². The van der Waals surface area contributed by atoms with Crippen LogP contribution >= 0.6 is 0 Å². The zero-order valence-electron chi connectivity index (χ0n) is 15.8. The lowest BCUT2D eigenvalue weighted by molar-refractivity contribution is -0.143. The Bertz CT molecular complexity index is 547. The summed E-state index contributed by atoms with van der Waals surface area (Å²) in [5, 5.41) is 0. The van der Waals surface area contributed by atoms with Gasteiger partial charge in [-0.25, -0.2) is 0 Å².